The molecule has 1 amide bonds. The number of carbonyl (C=O) groups excluding carboxylic acids is 1. The molecule has 0 aliphatic carbocycles. The monoisotopic (exact) mass is 371 g/mol. The molecule has 5 nitrogen and oxygen atoms in total. The van der Waals surface area contributed by atoms with Crippen LogP contribution < -0.4 is 5.32 Å². The topological polar surface area (TPSA) is 56.1 Å². The molecule has 1 heterocycles. The van der Waals surface area contributed by atoms with Crippen molar-refractivity contribution in [2.45, 2.75) is 12.1 Å². The van der Waals surface area contributed by atoms with E-state index in [0.717, 1.165) is 12.1 Å². The lowest BCUT2D eigenvalue weighted by Crippen LogP contribution is -2.35. The van der Waals surface area contributed by atoms with Crippen molar-refractivity contribution in [1.82, 2.24) is 14.9 Å². The van der Waals surface area contributed by atoms with Crippen LogP contribution >= 0.6 is 0 Å². The van der Waals surface area contributed by atoms with E-state index < -0.39 is 29.7 Å². The van der Waals surface area contributed by atoms with Crippen LogP contribution in [-0.4, -0.2) is 22.6 Å². The van der Waals surface area contributed by atoms with Crippen LogP contribution in [0.4, 0.5) is 8.78 Å². The maximum Gasteiger partial charge on any atom is 0.254 e. The maximum atomic E-state index is 13.8. The van der Waals surface area contributed by atoms with E-state index in [9.17, 15) is 13.6 Å². The highest BCUT2D eigenvalue weighted by atomic mass is 19.2. The van der Waals surface area contributed by atoms with Gasteiger partial charge in [0.15, 0.2) is 17.7 Å². The number of halogens is 2. The molecule has 0 saturated carbocycles. The standard InChI is InChI=1S/C20H19F2N3O2/c1-25-11-10-23-19(25)17(14-8-9-15(21)16(22)12-14)24-20(26)18(27-2)13-6-4-3-5-7-13/h3-12,17-18H,1-2H3,(H,24,26)/t17-,18-/m0/s1. The van der Waals surface area contributed by atoms with E-state index >= 15 is 0 Å². The number of amides is 1. The second-order valence-electron chi connectivity index (χ2n) is 6.04. The summed E-state index contributed by atoms with van der Waals surface area (Å²) in [5, 5.41) is 2.84. The van der Waals surface area contributed by atoms with Crippen LogP contribution in [-0.2, 0) is 16.6 Å². The summed E-state index contributed by atoms with van der Waals surface area (Å²) in [5.74, 6) is -1.88. The number of aryl methyl sites for hydroxylation is 1. The molecule has 0 saturated heterocycles. The van der Waals surface area contributed by atoms with Crippen molar-refractivity contribution in [3.05, 3.63) is 89.5 Å². The minimum absolute atomic E-state index is 0.375. The van der Waals surface area contributed by atoms with E-state index in [1.54, 1.807) is 48.3 Å². The Morgan fingerprint density at radius 1 is 1.11 bits per heavy atom. The van der Waals surface area contributed by atoms with Crippen LogP contribution in [0.15, 0.2) is 60.9 Å². The first-order valence-corrected chi connectivity index (χ1v) is 8.31. The predicted octanol–water partition coefficient (Wildman–Crippen LogP) is 3.29. The second kappa shape index (κ2) is 8.09. The Labute approximate surface area is 155 Å². The molecular formula is C20H19F2N3O2. The molecule has 0 aliphatic heterocycles. The smallest absolute Gasteiger partial charge is 0.254 e. The molecule has 3 aromatic rings. The average molecular weight is 371 g/mol. The summed E-state index contributed by atoms with van der Waals surface area (Å²) in [6, 6.07) is 11.7. The number of benzene rings is 2. The van der Waals surface area contributed by atoms with Crippen LogP contribution in [0.2, 0.25) is 0 Å². The molecule has 2 atom stereocenters. The molecular weight excluding hydrogens is 352 g/mol. The molecule has 0 unspecified atom stereocenters. The number of rotatable bonds is 6. The first kappa shape index (κ1) is 18.7. The van der Waals surface area contributed by atoms with Crippen molar-refractivity contribution in [3.8, 4) is 0 Å². The van der Waals surface area contributed by atoms with Crippen LogP contribution in [0, 0.1) is 11.6 Å². The van der Waals surface area contributed by atoms with Gasteiger partial charge >= 0.3 is 0 Å². The molecule has 2 aromatic carbocycles. The summed E-state index contributed by atoms with van der Waals surface area (Å²) >= 11 is 0. The van der Waals surface area contributed by atoms with Crippen molar-refractivity contribution in [1.29, 1.82) is 0 Å². The maximum absolute atomic E-state index is 13.8. The number of aromatic nitrogens is 2. The van der Waals surface area contributed by atoms with Crippen molar-refractivity contribution >= 4 is 5.91 Å². The molecule has 0 aliphatic rings. The number of imidazole rings is 1. The third kappa shape index (κ3) is 4.03. The van der Waals surface area contributed by atoms with E-state index in [4.69, 9.17) is 4.74 Å². The summed E-state index contributed by atoms with van der Waals surface area (Å²) in [6.07, 6.45) is 2.43. The van der Waals surface area contributed by atoms with E-state index in [0.29, 0.717) is 17.0 Å². The Morgan fingerprint density at radius 2 is 1.85 bits per heavy atom. The lowest BCUT2D eigenvalue weighted by molar-refractivity contribution is -0.132. The number of hydrogen-bond donors (Lipinski definition) is 1. The van der Waals surface area contributed by atoms with Gasteiger partial charge in [-0.05, 0) is 23.3 Å². The first-order chi connectivity index (χ1) is 13.0. The van der Waals surface area contributed by atoms with Gasteiger partial charge in [0.05, 0.1) is 0 Å². The lowest BCUT2D eigenvalue weighted by atomic mass is 10.0. The number of carbonyl (C=O) groups is 1. The fourth-order valence-corrected chi connectivity index (χ4v) is 2.88. The van der Waals surface area contributed by atoms with Gasteiger partial charge in [-0.25, -0.2) is 13.8 Å². The number of nitrogens with zero attached hydrogens (tertiary/aromatic N) is 2. The van der Waals surface area contributed by atoms with Crippen LogP contribution in [0.25, 0.3) is 0 Å². The zero-order chi connectivity index (χ0) is 19.4. The molecule has 0 radical (unpaired) electrons. The zero-order valence-corrected chi connectivity index (χ0v) is 14.9. The minimum atomic E-state index is -0.993. The normalized spacial score (nSPS) is 13.2. The van der Waals surface area contributed by atoms with Gasteiger partial charge in [-0.1, -0.05) is 36.4 Å². The highest BCUT2D eigenvalue weighted by molar-refractivity contribution is 5.83. The van der Waals surface area contributed by atoms with Gasteiger partial charge in [0, 0.05) is 26.6 Å². The highest BCUT2D eigenvalue weighted by Gasteiger charge is 2.27. The third-order valence-electron chi connectivity index (χ3n) is 4.26. The van der Waals surface area contributed by atoms with Gasteiger partial charge in [-0.3, -0.25) is 4.79 Å². The van der Waals surface area contributed by atoms with E-state index in [1.807, 2.05) is 6.07 Å². The summed E-state index contributed by atoms with van der Waals surface area (Å²) in [6.45, 7) is 0. The van der Waals surface area contributed by atoms with Crippen LogP contribution in [0.3, 0.4) is 0 Å². The van der Waals surface area contributed by atoms with E-state index in [2.05, 4.69) is 10.3 Å². The Kier molecular flexibility index (Phi) is 5.61. The Balaban J connectivity index is 1.95. The van der Waals surface area contributed by atoms with E-state index in [1.165, 1.54) is 13.2 Å². The van der Waals surface area contributed by atoms with Crippen molar-refractivity contribution in [2.75, 3.05) is 7.11 Å². The zero-order valence-electron chi connectivity index (χ0n) is 14.9. The summed E-state index contributed by atoms with van der Waals surface area (Å²) < 4.78 is 34.2. The average Bonchev–Trinajstić information content (AvgIpc) is 3.09. The largest absolute Gasteiger partial charge is 0.367 e. The Morgan fingerprint density at radius 3 is 2.44 bits per heavy atom. The molecule has 27 heavy (non-hydrogen) atoms. The molecule has 0 fully saturated rings. The molecule has 1 N–H and O–H groups in total. The molecule has 3 rings (SSSR count). The Bertz CT molecular complexity index is 928. The third-order valence-corrected chi connectivity index (χ3v) is 4.26. The van der Waals surface area contributed by atoms with Crippen molar-refractivity contribution in [2.24, 2.45) is 7.05 Å². The Hall–Kier alpha value is -3.06. The number of nitrogens with one attached hydrogen (secondary N) is 1. The second-order valence-corrected chi connectivity index (χ2v) is 6.04. The van der Waals surface area contributed by atoms with Gasteiger partial charge in [0.25, 0.3) is 5.91 Å². The van der Waals surface area contributed by atoms with E-state index in [-0.39, 0.29) is 0 Å². The molecule has 7 heteroatoms. The SMILES string of the molecule is CO[C@H](C(=O)N[C@@H](c1ccc(F)c(F)c1)c1nccn1C)c1ccccc1. The number of ether oxygens (including phenoxy) is 1. The molecule has 140 valence electrons. The predicted molar refractivity (Wildman–Crippen MR) is 95.7 cm³/mol. The van der Waals surface area contributed by atoms with Crippen molar-refractivity contribution in [3.63, 3.8) is 0 Å². The fraction of sp³-hybridized carbons (Fsp3) is 0.200. The minimum Gasteiger partial charge on any atom is -0.367 e. The van der Waals surface area contributed by atoms with Gasteiger partial charge in [0.1, 0.15) is 11.9 Å². The van der Waals surface area contributed by atoms with Gasteiger partial charge in [-0.2, -0.15) is 0 Å². The molecule has 0 spiro atoms. The first-order valence-electron chi connectivity index (χ1n) is 8.31. The van der Waals surface area contributed by atoms with Gasteiger partial charge in [0.2, 0.25) is 0 Å². The fourth-order valence-electron chi connectivity index (χ4n) is 2.88. The van der Waals surface area contributed by atoms with Crippen LogP contribution in [0.5, 0.6) is 0 Å². The summed E-state index contributed by atoms with van der Waals surface area (Å²) in [7, 11) is 3.19. The van der Waals surface area contributed by atoms with Gasteiger partial charge < -0.3 is 14.6 Å². The van der Waals surface area contributed by atoms with Gasteiger partial charge in [-0.15, -0.1) is 0 Å². The number of methoxy groups -OCH3 is 1. The molecule has 0 bridgehead atoms. The quantitative estimate of drug-likeness (QED) is 0.723. The van der Waals surface area contributed by atoms with Crippen molar-refractivity contribution < 1.29 is 18.3 Å². The van der Waals surface area contributed by atoms with Crippen LogP contribution in [0.1, 0.15) is 29.1 Å². The summed E-state index contributed by atoms with van der Waals surface area (Å²) in [4.78, 5) is 17.1. The molecule has 1 aromatic heterocycles. The number of hydrogen-bond acceptors (Lipinski definition) is 3. The lowest BCUT2D eigenvalue weighted by Gasteiger charge is -2.23. The highest BCUT2D eigenvalue weighted by Crippen LogP contribution is 2.25. The summed E-state index contributed by atoms with van der Waals surface area (Å²) in [5.41, 5.74) is 1.06.